The first-order chi connectivity index (χ1) is 7.09. The Balaban J connectivity index is 1.71. The number of hydrogen-bond acceptors (Lipinski definition) is 3. The summed E-state index contributed by atoms with van der Waals surface area (Å²) in [4.78, 5) is 0. The SMILES string of the molecule is COC1CC(NC2CCOC(C)(C)C2)C1. The molecule has 1 N–H and O–H groups in total. The molecule has 0 bridgehead atoms. The number of hydrogen-bond donors (Lipinski definition) is 1. The van der Waals surface area contributed by atoms with E-state index in [0.29, 0.717) is 18.2 Å². The Morgan fingerprint density at radius 1 is 1.27 bits per heavy atom. The zero-order valence-electron chi connectivity index (χ0n) is 10.1. The van der Waals surface area contributed by atoms with Crippen molar-refractivity contribution in [1.29, 1.82) is 0 Å². The van der Waals surface area contributed by atoms with Crippen molar-refractivity contribution in [3.63, 3.8) is 0 Å². The van der Waals surface area contributed by atoms with Crippen LogP contribution in [-0.4, -0.2) is 37.5 Å². The molecule has 88 valence electrons. The number of nitrogens with one attached hydrogen (secondary N) is 1. The summed E-state index contributed by atoms with van der Waals surface area (Å²) in [5, 5.41) is 3.72. The highest BCUT2D eigenvalue weighted by atomic mass is 16.5. The molecule has 0 aromatic rings. The zero-order chi connectivity index (χ0) is 10.9. The zero-order valence-corrected chi connectivity index (χ0v) is 10.1. The van der Waals surface area contributed by atoms with Gasteiger partial charge in [-0.3, -0.25) is 0 Å². The second-order valence-corrected chi connectivity index (χ2v) is 5.49. The highest BCUT2D eigenvalue weighted by Gasteiger charge is 2.34. The first kappa shape index (κ1) is 11.4. The van der Waals surface area contributed by atoms with Crippen LogP contribution in [-0.2, 0) is 9.47 Å². The molecule has 1 saturated heterocycles. The van der Waals surface area contributed by atoms with E-state index in [1.54, 1.807) is 7.11 Å². The maximum atomic E-state index is 5.71. The summed E-state index contributed by atoms with van der Waals surface area (Å²) in [7, 11) is 1.80. The molecule has 15 heavy (non-hydrogen) atoms. The van der Waals surface area contributed by atoms with Gasteiger partial charge < -0.3 is 14.8 Å². The van der Waals surface area contributed by atoms with Gasteiger partial charge >= 0.3 is 0 Å². The molecule has 1 saturated carbocycles. The monoisotopic (exact) mass is 213 g/mol. The second-order valence-electron chi connectivity index (χ2n) is 5.49. The van der Waals surface area contributed by atoms with Crippen molar-refractivity contribution in [2.75, 3.05) is 13.7 Å². The predicted molar refractivity (Wildman–Crippen MR) is 60.0 cm³/mol. The first-order valence-electron chi connectivity index (χ1n) is 6.02. The predicted octanol–water partition coefficient (Wildman–Crippen LogP) is 1.71. The molecule has 1 aliphatic heterocycles. The van der Waals surface area contributed by atoms with Crippen molar-refractivity contribution in [1.82, 2.24) is 5.32 Å². The van der Waals surface area contributed by atoms with Gasteiger partial charge in [0.25, 0.3) is 0 Å². The lowest BCUT2D eigenvalue weighted by Gasteiger charge is -2.42. The van der Waals surface area contributed by atoms with Crippen molar-refractivity contribution >= 4 is 0 Å². The number of ether oxygens (including phenoxy) is 2. The minimum Gasteiger partial charge on any atom is -0.381 e. The first-order valence-corrected chi connectivity index (χ1v) is 6.02. The van der Waals surface area contributed by atoms with Gasteiger partial charge in [-0.25, -0.2) is 0 Å². The van der Waals surface area contributed by atoms with Gasteiger partial charge in [0.05, 0.1) is 11.7 Å². The average Bonchev–Trinajstić information content (AvgIpc) is 2.09. The molecule has 2 fully saturated rings. The Kier molecular flexibility index (Phi) is 3.33. The summed E-state index contributed by atoms with van der Waals surface area (Å²) in [6.07, 6.45) is 5.12. The lowest BCUT2D eigenvalue weighted by atomic mass is 9.86. The molecule has 2 aliphatic rings. The van der Waals surface area contributed by atoms with Gasteiger partial charge in [0, 0.05) is 25.8 Å². The van der Waals surface area contributed by atoms with E-state index in [1.807, 2.05) is 0 Å². The van der Waals surface area contributed by atoms with Crippen molar-refractivity contribution in [2.45, 2.75) is 63.3 Å². The van der Waals surface area contributed by atoms with E-state index in [4.69, 9.17) is 9.47 Å². The van der Waals surface area contributed by atoms with Crippen LogP contribution in [0.3, 0.4) is 0 Å². The topological polar surface area (TPSA) is 30.5 Å². The minimum atomic E-state index is 0.0559. The van der Waals surface area contributed by atoms with Gasteiger partial charge in [-0.05, 0) is 39.5 Å². The Morgan fingerprint density at radius 3 is 2.60 bits per heavy atom. The van der Waals surface area contributed by atoms with Crippen LogP contribution in [0, 0.1) is 0 Å². The fourth-order valence-electron chi connectivity index (χ4n) is 2.60. The van der Waals surface area contributed by atoms with Gasteiger partial charge in [-0.1, -0.05) is 0 Å². The van der Waals surface area contributed by atoms with E-state index in [-0.39, 0.29) is 5.60 Å². The van der Waals surface area contributed by atoms with Crippen molar-refractivity contribution < 1.29 is 9.47 Å². The van der Waals surface area contributed by atoms with Crippen LogP contribution in [0.1, 0.15) is 39.5 Å². The maximum Gasteiger partial charge on any atom is 0.0641 e. The smallest absolute Gasteiger partial charge is 0.0641 e. The van der Waals surface area contributed by atoms with Crippen LogP contribution in [0.15, 0.2) is 0 Å². The highest BCUT2D eigenvalue weighted by Crippen LogP contribution is 2.28. The lowest BCUT2D eigenvalue weighted by Crippen LogP contribution is -2.52. The summed E-state index contributed by atoms with van der Waals surface area (Å²) in [6.45, 7) is 5.25. The Bertz CT molecular complexity index is 212. The van der Waals surface area contributed by atoms with E-state index in [1.165, 1.54) is 12.8 Å². The highest BCUT2D eigenvalue weighted by molar-refractivity contribution is 4.91. The molecule has 1 atom stereocenters. The quantitative estimate of drug-likeness (QED) is 0.774. The molecule has 1 aliphatic carbocycles. The van der Waals surface area contributed by atoms with Crippen molar-refractivity contribution in [3.8, 4) is 0 Å². The average molecular weight is 213 g/mol. The summed E-state index contributed by atoms with van der Waals surface area (Å²) < 4.78 is 11.0. The van der Waals surface area contributed by atoms with Crippen LogP contribution in [0.25, 0.3) is 0 Å². The fourth-order valence-corrected chi connectivity index (χ4v) is 2.60. The van der Waals surface area contributed by atoms with Gasteiger partial charge in [0.1, 0.15) is 0 Å². The molecular formula is C12H23NO2. The number of methoxy groups -OCH3 is 1. The molecule has 2 rings (SSSR count). The van der Waals surface area contributed by atoms with Gasteiger partial charge in [-0.15, -0.1) is 0 Å². The molecule has 0 spiro atoms. The molecule has 3 heteroatoms. The van der Waals surface area contributed by atoms with E-state index in [9.17, 15) is 0 Å². The van der Waals surface area contributed by atoms with E-state index in [2.05, 4.69) is 19.2 Å². The standard InChI is InChI=1S/C12H23NO2/c1-12(2)8-9(4-5-15-12)13-10-6-11(7-10)14-3/h9-11,13H,4-8H2,1-3H3. The van der Waals surface area contributed by atoms with Gasteiger partial charge in [-0.2, -0.15) is 0 Å². The Morgan fingerprint density at radius 2 is 2.00 bits per heavy atom. The summed E-state index contributed by atoms with van der Waals surface area (Å²) in [5.74, 6) is 0. The van der Waals surface area contributed by atoms with Crippen LogP contribution in [0.4, 0.5) is 0 Å². The van der Waals surface area contributed by atoms with Gasteiger partial charge in [0.15, 0.2) is 0 Å². The summed E-state index contributed by atoms with van der Waals surface area (Å²) >= 11 is 0. The fraction of sp³-hybridized carbons (Fsp3) is 1.00. The molecule has 1 unspecified atom stereocenters. The molecule has 0 aromatic carbocycles. The molecule has 0 radical (unpaired) electrons. The molecular weight excluding hydrogens is 190 g/mol. The number of rotatable bonds is 3. The second kappa shape index (κ2) is 4.40. The Hall–Kier alpha value is -0.120. The molecule has 0 aromatic heterocycles. The Labute approximate surface area is 92.5 Å². The largest absolute Gasteiger partial charge is 0.381 e. The molecule has 0 amide bonds. The summed E-state index contributed by atoms with van der Waals surface area (Å²) in [5.41, 5.74) is 0.0559. The van der Waals surface area contributed by atoms with Gasteiger partial charge in [0.2, 0.25) is 0 Å². The van der Waals surface area contributed by atoms with Crippen LogP contribution >= 0.6 is 0 Å². The van der Waals surface area contributed by atoms with E-state index >= 15 is 0 Å². The summed E-state index contributed by atoms with van der Waals surface area (Å²) in [6, 6.07) is 1.31. The maximum absolute atomic E-state index is 5.71. The third-order valence-electron chi connectivity index (χ3n) is 3.60. The third-order valence-corrected chi connectivity index (χ3v) is 3.60. The van der Waals surface area contributed by atoms with Crippen LogP contribution in [0.2, 0.25) is 0 Å². The van der Waals surface area contributed by atoms with Crippen LogP contribution in [0.5, 0.6) is 0 Å². The van der Waals surface area contributed by atoms with E-state index in [0.717, 1.165) is 19.4 Å². The minimum absolute atomic E-state index is 0.0559. The van der Waals surface area contributed by atoms with Crippen molar-refractivity contribution in [2.24, 2.45) is 0 Å². The van der Waals surface area contributed by atoms with E-state index < -0.39 is 0 Å². The molecule has 1 heterocycles. The normalized spacial score (nSPS) is 39.8. The third kappa shape index (κ3) is 2.92. The van der Waals surface area contributed by atoms with Crippen molar-refractivity contribution in [3.05, 3.63) is 0 Å². The van der Waals surface area contributed by atoms with Crippen LogP contribution < -0.4 is 5.32 Å². The lowest BCUT2D eigenvalue weighted by molar-refractivity contribution is -0.0693. The molecule has 3 nitrogen and oxygen atoms in total.